The SMILES string of the molecule is CC(C)(C)C1CCNc2c(Br)cnn21. The zero-order valence-corrected chi connectivity index (χ0v) is 10.4. The first-order valence-electron chi connectivity index (χ1n) is 4.97. The molecule has 2 heterocycles. The third-order valence-corrected chi connectivity index (χ3v) is 3.34. The molecule has 0 amide bonds. The van der Waals surface area contributed by atoms with Crippen molar-refractivity contribution in [3.05, 3.63) is 10.7 Å². The van der Waals surface area contributed by atoms with E-state index in [1.54, 1.807) is 0 Å². The second kappa shape index (κ2) is 3.26. The molecular formula is C10H16BrN3. The highest BCUT2D eigenvalue weighted by molar-refractivity contribution is 9.10. The maximum Gasteiger partial charge on any atom is 0.139 e. The van der Waals surface area contributed by atoms with Gasteiger partial charge >= 0.3 is 0 Å². The molecule has 0 radical (unpaired) electrons. The Morgan fingerprint density at radius 3 is 2.93 bits per heavy atom. The van der Waals surface area contributed by atoms with Crippen LogP contribution < -0.4 is 5.32 Å². The van der Waals surface area contributed by atoms with Gasteiger partial charge in [0.05, 0.1) is 16.7 Å². The summed E-state index contributed by atoms with van der Waals surface area (Å²) in [5.41, 5.74) is 0.266. The third kappa shape index (κ3) is 1.56. The summed E-state index contributed by atoms with van der Waals surface area (Å²) in [6.07, 6.45) is 3.01. The largest absolute Gasteiger partial charge is 0.369 e. The van der Waals surface area contributed by atoms with E-state index in [0.29, 0.717) is 6.04 Å². The van der Waals surface area contributed by atoms with Crippen LogP contribution in [0.5, 0.6) is 0 Å². The second-order valence-electron chi connectivity index (χ2n) is 4.88. The molecule has 1 N–H and O–H groups in total. The van der Waals surface area contributed by atoms with Gasteiger partial charge in [0.15, 0.2) is 0 Å². The Morgan fingerprint density at radius 2 is 2.29 bits per heavy atom. The molecule has 1 aliphatic rings. The van der Waals surface area contributed by atoms with E-state index in [2.05, 4.69) is 51.8 Å². The number of rotatable bonds is 0. The number of anilines is 1. The Hall–Kier alpha value is -0.510. The molecule has 1 atom stereocenters. The number of halogens is 1. The second-order valence-corrected chi connectivity index (χ2v) is 5.74. The number of nitrogens with one attached hydrogen (secondary N) is 1. The van der Waals surface area contributed by atoms with Crippen LogP contribution in [0.4, 0.5) is 5.82 Å². The van der Waals surface area contributed by atoms with Crippen molar-refractivity contribution < 1.29 is 0 Å². The van der Waals surface area contributed by atoms with Gasteiger partial charge in [0.1, 0.15) is 5.82 Å². The van der Waals surface area contributed by atoms with Crippen molar-refractivity contribution in [1.29, 1.82) is 0 Å². The lowest BCUT2D eigenvalue weighted by Crippen LogP contribution is -2.32. The highest BCUT2D eigenvalue weighted by Crippen LogP contribution is 2.39. The number of nitrogens with zero attached hydrogens (tertiary/aromatic N) is 2. The summed E-state index contributed by atoms with van der Waals surface area (Å²) in [5.74, 6) is 1.12. The predicted molar refractivity (Wildman–Crippen MR) is 61.5 cm³/mol. The fourth-order valence-corrected chi connectivity index (χ4v) is 2.41. The van der Waals surface area contributed by atoms with E-state index in [1.807, 2.05) is 6.20 Å². The van der Waals surface area contributed by atoms with Crippen LogP contribution in [0.1, 0.15) is 33.2 Å². The number of aromatic nitrogens is 2. The van der Waals surface area contributed by atoms with Crippen LogP contribution in [0.25, 0.3) is 0 Å². The molecule has 0 spiro atoms. The first-order valence-corrected chi connectivity index (χ1v) is 5.76. The summed E-state index contributed by atoms with van der Waals surface area (Å²) in [6, 6.07) is 0.491. The molecule has 0 aromatic carbocycles. The minimum absolute atomic E-state index is 0.266. The molecule has 1 aliphatic heterocycles. The third-order valence-electron chi connectivity index (χ3n) is 2.76. The molecule has 0 fully saturated rings. The lowest BCUT2D eigenvalue weighted by atomic mass is 9.84. The van der Waals surface area contributed by atoms with Crippen molar-refractivity contribution >= 4 is 21.7 Å². The van der Waals surface area contributed by atoms with Crippen LogP contribution in [0.2, 0.25) is 0 Å². The highest BCUT2D eigenvalue weighted by Gasteiger charge is 2.31. The first kappa shape index (κ1) is 10.0. The zero-order chi connectivity index (χ0) is 10.3. The average Bonchev–Trinajstić information content (AvgIpc) is 2.46. The molecule has 14 heavy (non-hydrogen) atoms. The van der Waals surface area contributed by atoms with E-state index < -0.39 is 0 Å². The van der Waals surface area contributed by atoms with E-state index in [0.717, 1.165) is 23.3 Å². The molecule has 1 aromatic heterocycles. The Kier molecular flexibility index (Phi) is 2.33. The fourth-order valence-electron chi connectivity index (χ4n) is 1.99. The molecule has 0 saturated heterocycles. The molecule has 78 valence electrons. The van der Waals surface area contributed by atoms with Gasteiger partial charge in [-0.3, -0.25) is 0 Å². The number of hydrogen-bond donors (Lipinski definition) is 1. The lowest BCUT2D eigenvalue weighted by Gasteiger charge is -2.35. The minimum Gasteiger partial charge on any atom is -0.369 e. The molecule has 0 saturated carbocycles. The Bertz CT molecular complexity index is 338. The van der Waals surface area contributed by atoms with Crippen molar-refractivity contribution in [2.45, 2.75) is 33.2 Å². The van der Waals surface area contributed by atoms with Crippen molar-refractivity contribution in [2.24, 2.45) is 5.41 Å². The Balaban J connectivity index is 2.41. The van der Waals surface area contributed by atoms with E-state index in [4.69, 9.17) is 0 Å². The van der Waals surface area contributed by atoms with E-state index in [-0.39, 0.29) is 5.41 Å². The monoisotopic (exact) mass is 257 g/mol. The summed E-state index contributed by atoms with van der Waals surface area (Å²) >= 11 is 3.50. The molecule has 2 rings (SSSR count). The Labute approximate surface area is 93.0 Å². The van der Waals surface area contributed by atoms with Gasteiger partial charge < -0.3 is 5.32 Å². The summed E-state index contributed by atoms with van der Waals surface area (Å²) in [4.78, 5) is 0. The van der Waals surface area contributed by atoms with E-state index >= 15 is 0 Å². The van der Waals surface area contributed by atoms with Crippen molar-refractivity contribution in [3.8, 4) is 0 Å². The summed E-state index contributed by atoms with van der Waals surface area (Å²) in [5, 5.41) is 7.78. The van der Waals surface area contributed by atoms with Crippen molar-refractivity contribution in [3.63, 3.8) is 0 Å². The highest BCUT2D eigenvalue weighted by atomic mass is 79.9. The normalized spacial score (nSPS) is 21.6. The van der Waals surface area contributed by atoms with Gasteiger partial charge in [0.25, 0.3) is 0 Å². The maximum absolute atomic E-state index is 4.41. The van der Waals surface area contributed by atoms with Crippen LogP contribution in [0, 0.1) is 5.41 Å². The zero-order valence-electron chi connectivity index (χ0n) is 8.84. The standard InChI is InChI=1S/C10H16BrN3/c1-10(2,3)8-4-5-12-9-7(11)6-13-14(8)9/h6,8,12H,4-5H2,1-3H3. The summed E-state index contributed by atoms with van der Waals surface area (Å²) in [6.45, 7) is 7.83. The van der Waals surface area contributed by atoms with Gasteiger partial charge in [0.2, 0.25) is 0 Å². The first-order chi connectivity index (χ1) is 6.50. The van der Waals surface area contributed by atoms with Crippen molar-refractivity contribution in [2.75, 3.05) is 11.9 Å². The van der Waals surface area contributed by atoms with Crippen LogP contribution in [0.15, 0.2) is 10.7 Å². The van der Waals surface area contributed by atoms with Crippen molar-refractivity contribution in [1.82, 2.24) is 9.78 Å². The molecule has 0 aliphatic carbocycles. The topological polar surface area (TPSA) is 29.9 Å². The van der Waals surface area contributed by atoms with Gasteiger partial charge in [-0.1, -0.05) is 20.8 Å². The quantitative estimate of drug-likeness (QED) is 0.775. The smallest absolute Gasteiger partial charge is 0.139 e. The van der Waals surface area contributed by atoms with Crippen LogP contribution in [-0.4, -0.2) is 16.3 Å². The van der Waals surface area contributed by atoms with E-state index in [9.17, 15) is 0 Å². The van der Waals surface area contributed by atoms with Gasteiger partial charge in [-0.25, -0.2) is 4.68 Å². The number of hydrogen-bond acceptors (Lipinski definition) is 2. The molecule has 0 bridgehead atoms. The van der Waals surface area contributed by atoms with Crippen LogP contribution in [-0.2, 0) is 0 Å². The van der Waals surface area contributed by atoms with Gasteiger partial charge in [0, 0.05) is 6.54 Å². The predicted octanol–water partition coefficient (Wildman–Crippen LogP) is 3.05. The molecule has 1 aromatic rings. The average molecular weight is 258 g/mol. The summed E-state index contributed by atoms with van der Waals surface area (Å²) in [7, 11) is 0. The van der Waals surface area contributed by atoms with E-state index in [1.165, 1.54) is 0 Å². The molecule has 4 heteroatoms. The molecular weight excluding hydrogens is 242 g/mol. The van der Waals surface area contributed by atoms with Gasteiger partial charge in [-0.15, -0.1) is 0 Å². The molecule has 3 nitrogen and oxygen atoms in total. The molecule has 1 unspecified atom stereocenters. The van der Waals surface area contributed by atoms with Crippen LogP contribution >= 0.6 is 15.9 Å². The van der Waals surface area contributed by atoms with Gasteiger partial charge in [-0.05, 0) is 27.8 Å². The Morgan fingerprint density at radius 1 is 1.57 bits per heavy atom. The number of fused-ring (bicyclic) bond motifs is 1. The van der Waals surface area contributed by atoms with Gasteiger partial charge in [-0.2, -0.15) is 5.10 Å². The van der Waals surface area contributed by atoms with Crippen LogP contribution in [0.3, 0.4) is 0 Å². The summed E-state index contributed by atoms with van der Waals surface area (Å²) < 4.78 is 3.17. The minimum atomic E-state index is 0.266. The maximum atomic E-state index is 4.41. The lowest BCUT2D eigenvalue weighted by molar-refractivity contribution is 0.210. The fraction of sp³-hybridized carbons (Fsp3) is 0.700.